The van der Waals surface area contributed by atoms with Gasteiger partial charge in [0, 0.05) is 5.69 Å². The number of carbonyl (C=O) groups excluding carboxylic acids is 1. The summed E-state index contributed by atoms with van der Waals surface area (Å²) in [6, 6.07) is 6.23. The van der Waals surface area contributed by atoms with Crippen molar-refractivity contribution in [3.63, 3.8) is 0 Å². The number of furan rings is 1. The monoisotopic (exact) mass is 309 g/mol. The number of hydrogen-bond acceptors (Lipinski definition) is 5. The Morgan fingerprint density at radius 2 is 2.14 bits per heavy atom. The lowest BCUT2D eigenvalue weighted by Crippen LogP contribution is -2.04. The van der Waals surface area contributed by atoms with Crippen LogP contribution in [0.4, 0.5) is 5.69 Å². The summed E-state index contributed by atoms with van der Waals surface area (Å²) >= 11 is 5.91. The third-order valence-corrected chi connectivity index (χ3v) is 3.07. The minimum atomic E-state index is -1.05. The van der Waals surface area contributed by atoms with Gasteiger partial charge < -0.3 is 19.6 Å². The third kappa shape index (κ3) is 3.55. The number of aromatic carboxylic acids is 1. The number of anilines is 1. The van der Waals surface area contributed by atoms with E-state index in [1.165, 1.54) is 19.4 Å². The molecule has 0 radical (unpaired) electrons. The van der Waals surface area contributed by atoms with Crippen molar-refractivity contribution in [3.05, 3.63) is 52.4 Å². The molecule has 0 unspecified atom stereocenters. The number of esters is 1. The molecule has 0 fully saturated rings. The number of methoxy groups -OCH3 is 1. The van der Waals surface area contributed by atoms with Crippen LogP contribution in [0.1, 0.15) is 26.5 Å². The van der Waals surface area contributed by atoms with Crippen LogP contribution in [-0.2, 0) is 11.3 Å². The maximum Gasteiger partial charge on any atom is 0.339 e. The second-order valence-corrected chi connectivity index (χ2v) is 4.55. The van der Waals surface area contributed by atoms with Crippen molar-refractivity contribution in [2.45, 2.75) is 6.54 Å². The van der Waals surface area contributed by atoms with Gasteiger partial charge in [-0.15, -0.1) is 0 Å². The molecule has 21 heavy (non-hydrogen) atoms. The first-order chi connectivity index (χ1) is 10.0. The van der Waals surface area contributed by atoms with Crippen molar-refractivity contribution in [2.24, 2.45) is 0 Å². The Bertz CT molecular complexity index is 680. The summed E-state index contributed by atoms with van der Waals surface area (Å²) in [6.45, 7) is 0.273. The van der Waals surface area contributed by atoms with Crippen molar-refractivity contribution >= 4 is 29.2 Å². The molecule has 0 atom stereocenters. The third-order valence-electron chi connectivity index (χ3n) is 2.74. The van der Waals surface area contributed by atoms with Crippen LogP contribution in [0.3, 0.4) is 0 Å². The molecule has 0 aliphatic rings. The first-order valence-electron chi connectivity index (χ1n) is 5.93. The number of rotatable bonds is 5. The fourth-order valence-corrected chi connectivity index (χ4v) is 1.87. The van der Waals surface area contributed by atoms with E-state index in [1.54, 1.807) is 18.2 Å². The summed E-state index contributed by atoms with van der Waals surface area (Å²) in [6.07, 6.45) is 1.17. The van der Waals surface area contributed by atoms with Gasteiger partial charge in [-0.05, 0) is 24.3 Å². The van der Waals surface area contributed by atoms with Crippen LogP contribution in [0.5, 0.6) is 0 Å². The molecule has 0 saturated carbocycles. The van der Waals surface area contributed by atoms with E-state index in [0.717, 1.165) is 0 Å². The first-order valence-corrected chi connectivity index (χ1v) is 6.31. The molecule has 0 spiro atoms. The molecular weight excluding hydrogens is 298 g/mol. The minimum absolute atomic E-state index is 0.0816. The molecule has 1 aromatic carbocycles. The fraction of sp³-hybridized carbons (Fsp3) is 0.143. The molecule has 2 rings (SSSR count). The van der Waals surface area contributed by atoms with Crippen molar-refractivity contribution < 1.29 is 23.8 Å². The van der Waals surface area contributed by atoms with E-state index in [-0.39, 0.29) is 17.7 Å². The SMILES string of the molecule is COC(=O)c1cc(NCc2cc(C(=O)O)co2)ccc1Cl. The van der Waals surface area contributed by atoms with Crippen LogP contribution in [-0.4, -0.2) is 24.2 Å². The lowest BCUT2D eigenvalue weighted by molar-refractivity contribution is 0.0600. The quantitative estimate of drug-likeness (QED) is 0.825. The molecule has 7 heteroatoms. The van der Waals surface area contributed by atoms with Gasteiger partial charge in [0.2, 0.25) is 0 Å². The van der Waals surface area contributed by atoms with Crippen molar-refractivity contribution in [1.82, 2.24) is 0 Å². The molecule has 0 aliphatic heterocycles. The maximum absolute atomic E-state index is 11.5. The van der Waals surface area contributed by atoms with Crippen LogP contribution in [0.15, 0.2) is 34.9 Å². The highest BCUT2D eigenvalue weighted by Gasteiger charge is 2.12. The molecule has 2 aromatic rings. The van der Waals surface area contributed by atoms with Crippen LogP contribution < -0.4 is 5.32 Å². The molecule has 1 aromatic heterocycles. The largest absolute Gasteiger partial charge is 0.478 e. The molecule has 6 nitrogen and oxygen atoms in total. The number of nitrogens with one attached hydrogen (secondary N) is 1. The standard InChI is InChI=1S/C14H12ClNO5/c1-20-14(19)11-5-9(2-3-12(11)15)16-6-10-4-8(7-21-10)13(17)18/h2-5,7,16H,6H2,1H3,(H,17,18). The molecular formula is C14H12ClNO5. The summed E-state index contributed by atoms with van der Waals surface area (Å²) in [5.74, 6) is -1.12. The highest BCUT2D eigenvalue weighted by Crippen LogP contribution is 2.22. The summed E-state index contributed by atoms with van der Waals surface area (Å²) in [4.78, 5) is 22.3. The van der Waals surface area contributed by atoms with Gasteiger partial charge in [0.1, 0.15) is 12.0 Å². The summed E-state index contributed by atoms with van der Waals surface area (Å²) < 4.78 is 9.74. The van der Waals surface area contributed by atoms with E-state index in [9.17, 15) is 9.59 Å². The fourth-order valence-electron chi connectivity index (χ4n) is 1.68. The molecule has 2 N–H and O–H groups in total. The van der Waals surface area contributed by atoms with Gasteiger partial charge in [-0.25, -0.2) is 9.59 Å². The molecule has 110 valence electrons. The smallest absolute Gasteiger partial charge is 0.339 e. The van der Waals surface area contributed by atoms with Crippen molar-refractivity contribution in [2.75, 3.05) is 12.4 Å². The Labute approximate surface area is 125 Å². The van der Waals surface area contributed by atoms with Gasteiger partial charge >= 0.3 is 11.9 Å². The van der Waals surface area contributed by atoms with E-state index >= 15 is 0 Å². The molecule has 0 bridgehead atoms. The Morgan fingerprint density at radius 1 is 1.38 bits per heavy atom. The van der Waals surface area contributed by atoms with E-state index in [2.05, 4.69) is 10.1 Å². The average molecular weight is 310 g/mol. The predicted molar refractivity (Wildman–Crippen MR) is 75.8 cm³/mol. The molecule has 1 heterocycles. The molecule has 0 amide bonds. The average Bonchev–Trinajstić information content (AvgIpc) is 2.94. The number of carboxylic acid groups (broad SMARTS) is 1. The Morgan fingerprint density at radius 3 is 2.76 bits per heavy atom. The Kier molecular flexibility index (Phi) is 4.49. The summed E-state index contributed by atoms with van der Waals surface area (Å²) in [5.41, 5.74) is 0.959. The van der Waals surface area contributed by atoms with Gasteiger partial charge in [-0.2, -0.15) is 0 Å². The number of carbonyl (C=O) groups is 2. The van der Waals surface area contributed by atoms with E-state index in [4.69, 9.17) is 21.1 Å². The van der Waals surface area contributed by atoms with Crippen LogP contribution >= 0.6 is 11.6 Å². The van der Waals surface area contributed by atoms with Gasteiger partial charge in [-0.3, -0.25) is 0 Å². The van der Waals surface area contributed by atoms with Crippen LogP contribution in [0.2, 0.25) is 5.02 Å². The zero-order valence-corrected chi connectivity index (χ0v) is 11.8. The van der Waals surface area contributed by atoms with Gasteiger partial charge in [-0.1, -0.05) is 11.6 Å². The Balaban J connectivity index is 2.09. The van der Waals surface area contributed by atoms with Crippen LogP contribution in [0.25, 0.3) is 0 Å². The second-order valence-electron chi connectivity index (χ2n) is 4.15. The van der Waals surface area contributed by atoms with Crippen LogP contribution in [0, 0.1) is 0 Å². The maximum atomic E-state index is 11.5. The number of hydrogen-bond donors (Lipinski definition) is 2. The van der Waals surface area contributed by atoms with Crippen molar-refractivity contribution in [1.29, 1.82) is 0 Å². The molecule has 0 saturated heterocycles. The number of halogens is 1. The molecule has 0 aliphatic carbocycles. The lowest BCUT2D eigenvalue weighted by atomic mass is 10.2. The number of ether oxygens (including phenoxy) is 1. The number of benzene rings is 1. The second kappa shape index (κ2) is 6.32. The highest BCUT2D eigenvalue weighted by molar-refractivity contribution is 6.33. The Hall–Kier alpha value is -2.47. The minimum Gasteiger partial charge on any atom is -0.478 e. The number of carboxylic acids is 1. The van der Waals surface area contributed by atoms with Gasteiger partial charge in [0.25, 0.3) is 0 Å². The van der Waals surface area contributed by atoms with E-state index in [1.807, 2.05) is 0 Å². The van der Waals surface area contributed by atoms with E-state index in [0.29, 0.717) is 16.5 Å². The van der Waals surface area contributed by atoms with E-state index < -0.39 is 11.9 Å². The van der Waals surface area contributed by atoms with Crippen molar-refractivity contribution in [3.8, 4) is 0 Å². The first kappa shape index (κ1) is 14.9. The normalized spacial score (nSPS) is 10.2. The lowest BCUT2D eigenvalue weighted by Gasteiger charge is -2.07. The summed E-state index contributed by atoms with van der Waals surface area (Å²) in [5, 5.41) is 12.1. The zero-order chi connectivity index (χ0) is 15.4. The zero-order valence-electron chi connectivity index (χ0n) is 11.1. The highest BCUT2D eigenvalue weighted by atomic mass is 35.5. The predicted octanol–water partition coefficient (Wildman–Crippen LogP) is 3.03. The summed E-state index contributed by atoms with van der Waals surface area (Å²) in [7, 11) is 1.27. The van der Waals surface area contributed by atoms with Gasteiger partial charge in [0.05, 0.1) is 29.8 Å². The topological polar surface area (TPSA) is 88.8 Å². The van der Waals surface area contributed by atoms with Gasteiger partial charge in [0.15, 0.2) is 0 Å².